The number of anilines is 2. The van der Waals surface area contributed by atoms with Gasteiger partial charge in [0.05, 0.1) is 0 Å². The Hall–Kier alpha value is -1.79. The van der Waals surface area contributed by atoms with Crippen molar-refractivity contribution in [2.75, 3.05) is 36.4 Å². The van der Waals surface area contributed by atoms with Crippen molar-refractivity contribution in [3.8, 4) is 0 Å². The molecule has 3 rings (SSSR count). The molecule has 2 heterocycles. The quantitative estimate of drug-likeness (QED) is 0.913. The number of aryl methyl sites for hydroxylation is 1. The molecule has 116 valence electrons. The van der Waals surface area contributed by atoms with Gasteiger partial charge in [-0.1, -0.05) is 17.7 Å². The van der Waals surface area contributed by atoms with Crippen LogP contribution in [0.3, 0.4) is 0 Å². The third kappa shape index (κ3) is 3.34. The number of amides is 2. The van der Waals surface area contributed by atoms with Crippen LogP contribution in [0.1, 0.15) is 5.56 Å². The summed E-state index contributed by atoms with van der Waals surface area (Å²) < 4.78 is 0. The maximum Gasteiger partial charge on any atom is 0.323 e. The molecule has 0 spiro atoms. The van der Waals surface area contributed by atoms with Crippen LogP contribution in [0.5, 0.6) is 0 Å². The molecule has 1 aliphatic rings. The van der Waals surface area contributed by atoms with Gasteiger partial charge in [0.15, 0.2) is 5.13 Å². The lowest BCUT2D eigenvalue weighted by molar-refractivity contribution is 0.208. The van der Waals surface area contributed by atoms with E-state index in [1.807, 2.05) is 28.5 Å². The first kappa shape index (κ1) is 15.1. The number of aromatic nitrogens is 1. The Kier molecular flexibility index (Phi) is 4.49. The van der Waals surface area contributed by atoms with E-state index in [0.29, 0.717) is 18.2 Å². The summed E-state index contributed by atoms with van der Waals surface area (Å²) in [5, 5.41) is 6.04. The molecule has 1 saturated heterocycles. The average Bonchev–Trinajstić information content (AvgIpc) is 3.03. The van der Waals surface area contributed by atoms with Crippen LogP contribution < -0.4 is 10.2 Å². The molecular weight excluding hydrogens is 320 g/mol. The Labute approximate surface area is 138 Å². The minimum Gasteiger partial charge on any atom is -0.368 e. The van der Waals surface area contributed by atoms with Crippen molar-refractivity contribution >= 4 is 39.8 Å². The molecule has 7 heteroatoms. The number of nitrogens with one attached hydrogen (secondary N) is 1. The van der Waals surface area contributed by atoms with E-state index < -0.39 is 0 Å². The van der Waals surface area contributed by atoms with Gasteiger partial charge in [-0.25, -0.2) is 9.78 Å². The highest BCUT2D eigenvalue weighted by molar-refractivity contribution is 7.13. The molecule has 1 aromatic heterocycles. The van der Waals surface area contributed by atoms with E-state index in [-0.39, 0.29) is 6.03 Å². The number of urea groups is 1. The van der Waals surface area contributed by atoms with Crippen LogP contribution in [-0.4, -0.2) is 42.1 Å². The number of carbonyl (C=O) groups is 1. The van der Waals surface area contributed by atoms with E-state index in [0.717, 1.165) is 23.8 Å². The van der Waals surface area contributed by atoms with Gasteiger partial charge in [-0.15, -0.1) is 11.3 Å². The van der Waals surface area contributed by atoms with Crippen LogP contribution in [0, 0.1) is 6.92 Å². The first-order chi connectivity index (χ1) is 10.6. The molecule has 1 aromatic carbocycles. The Bertz CT molecular complexity index is 654. The number of halogens is 1. The van der Waals surface area contributed by atoms with Crippen LogP contribution in [0.4, 0.5) is 15.6 Å². The zero-order chi connectivity index (χ0) is 15.5. The number of carbonyl (C=O) groups excluding carboxylic acids is 1. The second-order valence-corrected chi connectivity index (χ2v) is 6.50. The first-order valence-corrected chi connectivity index (χ1v) is 8.36. The number of rotatable bonds is 2. The van der Waals surface area contributed by atoms with Gasteiger partial charge in [0.25, 0.3) is 0 Å². The van der Waals surface area contributed by atoms with Gasteiger partial charge < -0.3 is 9.80 Å². The van der Waals surface area contributed by atoms with E-state index in [1.165, 1.54) is 16.9 Å². The lowest BCUT2D eigenvalue weighted by atomic mass is 10.1. The second-order valence-electron chi connectivity index (χ2n) is 5.17. The van der Waals surface area contributed by atoms with Crippen molar-refractivity contribution in [2.24, 2.45) is 0 Å². The summed E-state index contributed by atoms with van der Waals surface area (Å²) in [6, 6.07) is 5.83. The lowest BCUT2D eigenvalue weighted by Crippen LogP contribution is -2.50. The number of nitrogens with zero attached hydrogens (tertiary/aromatic N) is 3. The highest BCUT2D eigenvalue weighted by Gasteiger charge is 2.22. The molecule has 2 aromatic rings. The van der Waals surface area contributed by atoms with Gasteiger partial charge in [0.2, 0.25) is 0 Å². The summed E-state index contributed by atoms with van der Waals surface area (Å²) in [7, 11) is 0. The third-order valence-electron chi connectivity index (χ3n) is 3.72. The Morgan fingerprint density at radius 1 is 1.32 bits per heavy atom. The van der Waals surface area contributed by atoms with Crippen molar-refractivity contribution in [1.82, 2.24) is 9.88 Å². The summed E-state index contributed by atoms with van der Waals surface area (Å²) in [4.78, 5) is 20.3. The highest BCUT2D eigenvalue weighted by atomic mass is 35.5. The first-order valence-electron chi connectivity index (χ1n) is 7.10. The Balaban J connectivity index is 1.60. The summed E-state index contributed by atoms with van der Waals surface area (Å²) >= 11 is 7.51. The average molecular weight is 337 g/mol. The normalized spacial score (nSPS) is 15.0. The van der Waals surface area contributed by atoms with Crippen LogP contribution >= 0.6 is 22.9 Å². The van der Waals surface area contributed by atoms with Gasteiger partial charge in [-0.2, -0.15) is 0 Å². The van der Waals surface area contributed by atoms with Crippen molar-refractivity contribution < 1.29 is 4.79 Å². The molecule has 5 nitrogen and oxygen atoms in total. The monoisotopic (exact) mass is 336 g/mol. The van der Waals surface area contributed by atoms with Gasteiger partial charge in [-0.05, 0) is 24.6 Å². The fourth-order valence-electron chi connectivity index (χ4n) is 2.53. The van der Waals surface area contributed by atoms with E-state index in [4.69, 9.17) is 11.6 Å². The predicted octanol–water partition coefficient (Wildman–Crippen LogP) is 3.46. The van der Waals surface area contributed by atoms with Crippen molar-refractivity contribution in [3.63, 3.8) is 0 Å². The molecule has 0 unspecified atom stereocenters. The Morgan fingerprint density at radius 2 is 2.09 bits per heavy atom. The summed E-state index contributed by atoms with van der Waals surface area (Å²) in [5.41, 5.74) is 2.34. The predicted molar refractivity (Wildman–Crippen MR) is 91.1 cm³/mol. The smallest absolute Gasteiger partial charge is 0.323 e. The minimum atomic E-state index is -0.0857. The van der Waals surface area contributed by atoms with Gasteiger partial charge in [0, 0.05) is 48.5 Å². The van der Waals surface area contributed by atoms with Crippen LogP contribution in [-0.2, 0) is 0 Å². The van der Waals surface area contributed by atoms with Crippen molar-refractivity contribution in [2.45, 2.75) is 6.92 Å². The molecule has 1 fully saturated rings. The number of piperazine rings is 1. The molecule has 2 amide bonds. The minimum absolute atomic E-state index is 0.0857. The van der Waals surface area contributed by atoms with Crippen LogP contribution in [0.2, 0.25) is 5.02 Å². The maximum atomic E-state index is 12.2. The van der Waals surface area contributed by atoms with E-state index in [1.54, 1.807) is 6.20 Å². The molecular formula is C15H17ClN4OS. The van der Waals surface area contributed by atoms with E-state index in [2.05, 4.69) is 22.1 Å². The number of hydrogen-bond acceptors (Lipinski definition) is 4. The molecule has 0 saturated carbocycles. The van der Waals surface area contributed by atoms with Gasteiger partial charge in [-0.3, -0.25) is 5.32 Å². The maximum absolute atomic E-state index is 12.2. The zero-order valence-corrected chi connectivity index (χ0v) is 13.8. The van der Waals surface area contributed by atoms with Gasteiger partial charge >= 0.3 is 6.03 Å². The third-order valence-corrected chi connectivity index (χ3v) is 4.65. The summed E-state index contributed by atoms with van der Waals surface area (Å²) in [5.74, 6) is 0. The number of benzene rings is 1. The van der Waals surface area contributed by atoms with Crippen molar-refractivity contribution in [1.29, 1.82) is 0 Å². The standard InChI is InChI=1S/C15H17ClN4OS/c1-11-2-3-12(16)10-13(11)19-5-7-20(8-6-19)15(21)18-14-17-4-9-22-14/h2-4,9-10H,5-8H2,1H3,(H,17,18,21). The van der Waals surface area contributed by atoms with Crippen molar-refractivity contribution in [3.05, 3.63) is 40.4 Å². The molecule has 0 aliphatic carbocycles. The second kappa shape index (κ2) is 6.54. The molecule has 0 atom stereocenters. The fourth-order valence-corrected chi connectivity index (χ4v) is 3.21. The zero-order valence-electron chi connectivity index (χ0n) is 12.3. The molecule has 22 heavy (non-hydrogen) atoms. The fraction of sp³-hybridized carbons (Fsp3) is 0.333. The van der Waals surface area contributed by atoms with Gasteiger partial charge in [0.1, 0.15) is 0 Å². The topological polar surface area (TPSA) is 48.5 Å². The number of hydrogen-bond donors (Lipinski definition) is 1. The largest absolute Gasteiger partial charge is 0.368 e. The highest BCUT2D eigenvalue weighted by Crippen LogP contribution is 2.25. The summed E-state index contributed by atoms with van der Waals surface area (Å²) in [6.07, 6.45) is 1.68. The van der Waals surface area contributed by atoms with Crippen LogP contribution in [0.15, 0.2) is 29.8 Å². The molecule has 0 bridgehead atoms. The number of thiazole rings is 1. The molecule has 0 radical (unpaired) electrons. The van der Waals surface area contributed by atoms with E-state index >= 15 is 0 Å². The Morgan fingerprint density at radius 3 is 2.77 bits per heavy atom. The lowest BCUT2D eigenvalue weighted by Gasteiger charge is -2.36. The van der Waals surface area contributed by atoms with Crippen LogP contribution in [0.25, 0.3) is 0 Å². The SMILES string of the molecule is Cc1ccc(Cl)cc1N1CCN(C(=O)Nc2nccs2)CC1. The summed E-state index contributed by atoms with van der Waals surface area (Å²) in [6.45, 7) is 5.04. The molecule has 1 aliphatic heterocycles. The molecule has 1 N–H and O–H groups in total. The van der Waals surface area contributed by atoms with E-state index in [9.17, 15) is 4.79 Å².